The van der Waals surface area contributed by atoms with E-state index in [1.54, 1.807) is 47.1 Å². The molecule has 2 fully saturated rings. The van der Waals surface area contributed by atoms with Crippen LogP contribution in [0.2, 0.25) is 0 Å². The average molecular weight is 500 g/mol. The molecular weight excluding hydrogens is 469 g/mol. The molecule has 7 nitrogen and oxygen atoms in total. The highest BCUT2D eigenvalue weighted by atomic mass is 32.2. The highest BCUT2D eigenvalue weighted by molar-refractivity contribution is 8.14. The molecule has 1 aliphatic carbocycles. The van der Waals surface area contributed by atoms with E-state index in [1.807, 2.05) is 6.08 Å². The summed E-state index contributed by atoms with van der Waals surface area (Å²) in [5.41, 5.74) is 2.06. The molecule has 2 aliphatic rings. The number of esters is 1. The minimum absolute atomic E-state index is 0.00270. The summed E-state index contributed by atoms with van der Waals surface area (Å²) >= 11 is 1.25. The zero-order valence-corrected chi connectivity index (χ0v) is 20.8. The van der Waals surface area contributed by atoms with Gasteiger partial charge in [-0.1, -0.05) is 30.0 Å². The third-order valence-electron chi connectivity index (χ3n) is 6.35. The van der Waals surface area contributed by atoms with E-state index < -0.39 is 5.92 Å². The van der Waals surface area contributed by atoms with Crippen LogP contribution in [0.5, 0.6) is 0 Å². The molecule has 0 N–H and O–H groups in total. The van der Waals surface area contributed by atoms with Gasteiger partial charge in [-0.2, -0.15) is 0 Å². The Morgan fingerprint density at radius 3 is 2.71 bits per heavy atom. The number of aromatic nitrogens is 2. The van der Waals surface area contributed by atoms with E-state index in [9.17, 15) is 18.8 Å². The first-order valence-electron chi connectivity index (χ1n) is 11.9. The van der Waals surface area contributed by atoms with Crippen molar-refractivity contribution in [2.24, 2.45) is 5.92 Å². The summed E-state index contributed by atoms with van der Waals surface area (Å²) in [6.45, 7) is 4.45. The number of imidazole rings is 1. The third-order valence-corrected chi connectivity index (χ3v) is 7.51. The Kier molecular flexibility index (Phi) is 8.05. The number of amides is 1. The standard InChI is InChI=1S/C26H30FN3O4S/c1-3-34-24(32)15-30-16-28-13-20(30)12-19-14-29(11-10-23(19)35-17(2)31)26(33)25(18-8-9-18)21-6-4-5-7-22(21)27/h4-7,12-13,16,18,23,25H,3,8-11,14-15H2,1-2H3/b19-12-. The molecule has 0 radical (unpaired) electrons. The van der Waals surface area contributed by atoms with Gasteiger partial charge in [-0.3, -0.25) is 14.4 Å². The Bertz CT molecular complexity index is 1130. The van der Waals surface area contributed by atoms with Crippen LogP contribution in [0.3, 0.4) is 0 Å². The lowest BCUT2D eigenvalue weighted by Gasteiger charge is -2.36. The summed E-state index contributed by atoms with van der Waals surface area (Å²) < 4.78 is 21.4. The van der Waals surface area contributed by atoms with Crippen molar-refractivity contribution in [2.45, 2.75) is 50.8 Å². The normalized spacial score (nSPS) is 20.0. The molecule has 4 rings (SSSR count). The summed E-state index contributed by atoms with van der Waals surface area (Å²) in [7, 11) is 0. The summed E-state index contributed by atoms with van der Waals surface area (Å²) in [6, 6.07) is 6.52. The second-order valence-electron chi connectivity index (χ2n) is 8.95. The van der Waals surface area contributed by atoms with Gasteiger partial charge in [0.25, 0.3) is 0 Å². The number of carbonyl (C=O) groups is 3. The summed E-state index contributed by atoms with van der Waals surface area (Å²) in [5.74, 6) is -1.13. The Morgan fingerprint density at radius 2 is 2.03 bits per heavy atom. The zero-order chi connectivity index (χ0) is 24.9. The van der Waals surface area contributed by atoms with Crippen molar-refractivity contribution in [3.63, 3.8) is 0 Å². The molecule has 186 valence electrons. The fourth-order valence-corrected chi connectivity index (χ4v) is 5.50. The number of halogens is 1. The smallest absolute Gasteiger partial charge is 0.325 e. The first kappa shape index (κ1) is 25.2. The molecule has 1 aliphatic heterocycles. The van der Waals surface area contributed by atoms with Crippen LogP contribution in [-0.2, 0) is 25.7 Å². The minimum atomic E-state index is -0.496. The number of hydrogen-bond acceptors (Lipinski definition) is 6. The maximum Gasteiger partial charge on any atom is 0.325 e. The number of benzene rings is 1. The van der Waals surface area contributed by atoms with Gasteiger partial charge in [0.15, 0.2) is 5.12 Å². The molecule has 1 aromatic heterocycles. The molecule has 2 heterocycles. The molecule has 2 aromatic rings. The highest BCUT2D eigenvalue weighted by Crippen LogP contribution is 2.45. The topological polar surface area (TPSA) is 81.5 Å². The van der Waals surface area contributed by atoms with Crippen LogP contribution in [0.1, 0.15) is 50.3 Å². The van der Waals surface area contributed by atoms with Crippen molar-refractivity contribution in [1.82, 2.24) is 14.5 Å². The number of piperidine rings is 1. The maximum absolute atomic E-state index is 14.6. The van der Waals surface area contributed by atoms with Crippen molar-refractivity contribution >= 4 is 34.8 Å². The van der Waals surface area contributed by atoms with Crippen molar-refractivity contribution in [3.05, 3.63) is 59.4 Å². The van der Waals surface area contributed by atoms with Gasteiger partial charge in [0.2, 0.25) is 5.91 Å². The molecule has 1 saturated heterocycles. The quantitative estimate of drug-likeness (QED) is 0.510. The van der Waals surface area contributed by atoms with Crippen molar-refractivity contribution < 1.29 is 23.5 Å². The van der Waals surface area contributed by atoms with Gasteiger partial charge in [0, 0.05) is 30.8 Å². The number of likely N-dealkylation sites (tertiary alicyclic amines) is 1. The van der Waals surface area contributed by atoms with Gasteiger partial charge in [0.1, 0.15) is 12.4 Å². The van der Waals surface area contributed by atoms with Gasteiger partial charge in [-0.05, 0) is 49.8 Å². The summed E-state index contributed by atoms with van der Waals surface area (Å²) in [4.78, 5) is 43.5. The maximum atomic E-state index is 14.6. The first-order chi connectivity index (χ1) is 16.9. The number of rotatable bonds is 8. The molecule has 9 heteroatoms. The molecule has 0 bridgehead atoms. The van der Waals surface area contributed by atoms with Crippen LogP contribution in [0.15, 0.2) is 42.4 Å². The van der Waals surface area contributed by atoms with E-state index in [1.165, 1.54) is 24.8 Å². The van der Waals surface area contributed by atoms with Gasteiger partial charge in [0.05, 0.1) is 30.7 Å². The zero-order valence-electron chi connectivity index (χ0n) is 20.0. The predicted octanol–water partition coefficient (Wildman–Crippen LogP) is 4.04. The van der Waals surface area contributed by atoms with E-state index >= 15 is 0 Å². The lowest BCUT2D eigenvalue weighted by Crippen LogP contribution is -2.44. The first-order valence-corrected chi connectivity index (χ1v) is 12.8. The number of thioether (sulfide) groups is 1. The number of carbonyl (C=O) groups excluding carboxylic acids is 3. The lowest BCUT2D eigenvalue weighted by molar-refractivity contribution is -0.143. The summed E-state index contributed by atoms with van der Waals surface area (Å²) in [6.07, 6.45) is 7.55. The van der Waals surface area contributed by atoms with E-state index in [4.69, 9.17) is 4.74 Å². The van der Waals surface area contributed by atoms with E-state index in [0.717, 1.165) is 18.4 Å². The van der Waals surface area contributed by atoms with Crippen LogP contribution < -0.4 is 0 Å². The van der Waals surface area contributed by atoms with Gasteiger partial charge < -0.3 is 14.2 Å². The Hall–Kier alpha value is -2.94. The van der Waals surface area contributed by atoms with Gasteiger partial charge in [-0.15, -0.1) is 0 Å². The number of ether oxygens (including phenoxy) is 1. The lowest BCUT2D eigenvalue weighted by atomic mass is 9.91. The fraction of sp³-hybridized carbons (Fsp3) is 0.462. The van der Waals surface area contributed by atoms with Crippen LogP contribution >= 0.6 is 11.8 Å². The van der Waals surface area contributed by atoms with E-state index in [2.05, 4.69) is 4.98 Å². The van der Waals surface area contributed by atoms with E-state index in [-0.39, 0.29) is 40.5 Å². The molecule has 2 unspecified atom stereocenters. The van der Waals surface area contributed by atoms with Crippen molar-refractivity contribution in [3.8, 4) is 0 Å². The van der Waals surface area contributed by atoms with Gasteiger partial charge >= 0.3 is 5.97 Å². The monoisotopic (exact) mass is 499 g/mol. The average Bonchev–Trinajstić information content (AvgIpc) is 3.56. The third kappa shape index (κ3) is 6.20. The van der Waals surface area contributed by atoms with Crippen LogP contribution in [0, 0.1) is 11.7 Å². The molecule has 1 amide bonds. The summed E-state index contributed by atoms with van der Waals surface area (Å²) in [5, 5.41) is -0.0850. The van der Waals surface area contributed by atoms with Crippen LogP contribution in [0.25, 0.3) is 6.08 Å². The Labute approximate surface area is 208 Å². The predicted molar refractivity (Wildman–Crippen MR) is 132 cm³/mol. The molecule has 0 spiro atoms. The fourth-order valence-electron chi connectivity index (χ4n) is 4.58. The van der Waals surface area contributed by atoms with Crippen LogP contribution in [0.4, 0.5) is 4.39 Å². The number of nitrogens with zero attached hydrogens (tertiary/aromatic N) is 3. The van der Waals surface area contributed by atoms with Crippen molar-refractivity contribution in [1.29, 1.82) is 0 Å². The van der Waals surface area contributed by atoms with E-state index in [0.29, 0.717) is 37.4 Å². The molecular formula is C26H30FN3O4S. The van der Waals surface area contributed by atoms with Gasteiger partial charge in [-0.25, -0.2) is 9.37 Å². The van der Waals surface area contributed by atoms with Crippen molar-refractivity contribution in [2.75, 3.05) is 19.7 Å². The SMILES string of the molecule is CCOC(=O)Cn1cncc1/C=C1/CN(C(=O)C(c2ccccc2F)C2CC2)CCC1SC(C)=O. The Balaban J connectivity index is 1.59. The highest BCUT2D eigenvalue weighted by Gasteiger charge is 2.42. The van der Waals surface area contributed by atoms with Crippen LogP contribution in [-0.4, -0.2) is 56.4 Å². The molecule has 2 atom stereocenters. The minimum Gasteiger partial charge on any atom is -0.465 e. The molecule has 1 saturated carbocycles. The Morgan fingerprint density at radius 1 is 1.26 bits per heavy atom. The molecule has 35 heavy (non-hydrogen) atoms. The number of hydrogen-bond donors (Lipinski definition) is 0. The molecule has 1 aromatic carbocycles. The largest absolute Gasteiger partial charge is 0.465 e. The second kappa shape index (κ2) is 11.2. The second-order valence-corrected chi connectivity index (χ2v) is 10.3.